The van der Waals surface area contributed by atoms with Gasteiger partial charge in [-0.15, -0.1) is 0 Å². The number of methoxy groups -OCH3 is 1. The van der Waals surface area contributed by atoms with Crippen LogP contribution in [0.1, 0.15) is 24.5 Å². The Morgan fingerprint density at radius 1 is 1.14 bits per heavy atom. The van der Waals surface area contributed by atoms with Gasteiger partial charge in [-0.25, -0.2) is 4.39 Å². The number of hydrazine groups is 1. The predicted molar refractivity (Wildman–Crippen MR) is 137 cm³/mol. The molecule has 0 aromatic heterocycles. The molecule has 1 atom stereocenters. The lowest BCUT2D eigenvalue weighted by atomic mass is 10.1. The van der Waals surface area contributed by atoms with Crippen molar-refractivity contribution in [1.29, 1.82) is 0 Å². The van der Waals surface area contributed by atoms with Gasteiger partial charge in [0.25, 0.3) is 0 Å². The molecule has 3 aromatic carbocycles. The minimum absolute atomic E-state index is 0.105. The number of carbonyl (C=O) groups excluding carboxylic acids is 2. The maximum atomic E-state index is 14.2. The quantitative estimate of drug-likeness (QED) is 0.389. The van der Waals surface area contributed by atoms with E-state index in [1.165, 1.54) is 24.8 Å². The standard InChI is InChI=1S/C27H27ClFN3O4/c1-3-17-10-12-19(13-11-17)32-15-18(14-25(32)33)27(34)31-30-23-8-5-9-24(35-2)26(23)36-16-20-21(28)6-4-7-22(20)29/h4-13,18,30H,3,14-16H2,1-2H3,(H,31,34)/t18-/m1/s1. The zero-order valence-corrected chi connectivity index (χ0v) is 20.8. The van der Waals surface area contributed by atoms with Crippen molar-refractivity contribution in [1.82, 2.24) is 5.43 Å². The summed E-state index contributed by atoms with van der Waals surface area (Å²) in [6.07, 6.45) is 1.02. The molecule has 3 aromatic rings. The van der Waals surface area contributed by atoms with Gasteiger partial charge < -0.3 is 14.4 Å². The van der Waals surface area contributed by atoms with Crippen molar-refractivity contribution in [3.63, 3.8) is 0 Å². The Balaban J connectivity index is 1.42. The van der Waals surface area contributed by atoms with Crippen molar-refractivity contribution in [2.45, 2.75) is 26.4 Å². The van der Waals surface area contributed by atoms with Gasteiger partial charge in [0.1, 0.15) is 12.4 Å². The van der Waals surface area contributed by atoms with Crippen molar-refractivity contribution >= 4 is 34.8 Å². The molecule has 0 radical (unpaired) electrons. The van der Waals surface area contributed by atoms with Gasteiger partial charge in [0.15, 0.2) is 11.5 Å². The Kier molecular flexibility index (Phi) is 7.95. The van der Waals surface area contributed by atoms with Crippen LogP contribution in [0.4, 0.5) is 15.8 Å². The Morgan fingerprint density at radius 3 is 2.58 bits per heavy atom. The van der Waals surface area contributed by atoms with E-state index in [-0.39, 0.29) is 47.7 Å². The van der Waals surface area contributed by atoms with E-state index < -0.39 is 11.7 Å². The third-order valence-corrected chi connectivity index (χ3v) is 6.45. The maximum Gasteiger partial charge on any atom is 0.243 e. The zero-order chi connectivity index (χ0) is 25.7. The number of aryl methyl sites for hydroxylation is 1. The topological polar surface area (TPSA) is 79.9 Å². The largest absolute Gasteiger partial charge is 0.493 e. The lowest BCUT2D eigenvalue weighted by Crippen LogP contribution is -2.36. The van der Waals surface area contributed by atoms with E-state index in [0.717, 1.165) is 12.1 Å². The molecule has 7 nitrogen and oxygen atoms in total. The maximum absolute atomic E-state index is 14.2. The third kappa shape index (κ3) is 5.54. The molecule has 36 heavy (non-hydrogen) atoms. The summed E-state index contributed by atoms with van der Waals surface area (Å²) < 4.78 is 25.4. The monoisotopic (exact) mass is 511 g/mol. The molecule has 0 aliphatic carbocycles. The second-order valence-corrected chi connectivity index (χ2v) is 8.77. The second kappa shape index (κ2) is 11.3. The van der Waals surface area contributed by atoms with Crippen molar-refractivity contribution in [3.8, 4) is 11.5 Å². The normalized spacial score (nSPS) is 15.1. The van der Waals surface area contributed by atoms with Crippen LogP contribution in [0.15, 0.2) is 60.7 Å². The second-order valence-electron chi connectivity index (χ2n) is 8.37. The molecule has 0 saturated carbocycles. The first kappa shape index (κ1) is 25.3. The molecular weight excluding hydrogens is 485 g/mol. The Hall–Kier alpha value is -3.78. The number of halogens is 2. The summed E-state index contributed by atoms with van der Waals surface area (Å²) in [6, 6.07) is 17.2. The number of amides is 2. The number of ether oxygens (including phenoxy) is 2. The van der Waals surface area contributed by atoms with Crippen LogP contribution in [-0.4, -0.2) is 25.5 Å². The lowest BCUT2D eigenvalue weighted by molar-refractivity contribution is -0.125. The molecule has 2 N–H and O–H groups in total. The molecule has 0 spiro atoms. The molecule has 1 saturated heterocycles. The van der Waals surface area contributed by atoms with E-state index in [9.17, 15) is 14.0 Å². The van der Waals surface area contributed by atoms with Gasteiger partial charge in [0, 0.05) is 24.2 Å². The van der Waals surface area contributed by atoms with Gasteiger partial charge >= 0.3 is 0 Å². The first-order chi connectivity index (χ1) is 17.4. The third-order valence-electron chi connectivity index (χ3n) is 6.09. The Morgan fingerprint density at radius 2 is 1.89 bits per heavy atom. The average molecular weight is 512 g/mol. The van der Waals surface area contributed by atoms with E-state index in [2.05, 4.69) is 17.8 Å². The molecule has 0 unspecified atom stereocenters. The summed E-state index contributed by atoms with van der Waals surface area (Å²) in [6.45, 7) is 2.21. The highest BCUT2D eigenvalue weighted by atomic mass is 35.5. The van der Waals surface area contributed by atoms with Gasteiger partial charge in [-0.1, -0.05) is 42.8 Å². The first-order valence-corrected chi connectivity index (χ1v) is 12.0. The molecule has 0 bridgehead atoms. The van der Waals surface area contributed by atoms with Crippen LogP contribution >= 0.6 is 11.6 Å². The fourth-order valence-corrected chi connectivity index (χ4v) is 4.23. The predicted octanol–water partition coefficient (Wildman–Crippen LogP) is 5.13. The van der Waals surface area contributed by atoms with Crippen molar-refractivity contribution in [2.24, 2.45) is 5.92 Å². The molecule has 1 aliphatic heterocycles. The average Bonchev–Trinajstić information content (AvgIpc) is 3.28. The number of para-hydroxylation sites is 1. The molecule has 1 heterocycles. The summed E-state index contributed by atoms with van der Waals surface area (Å²) >= 11 is 6.11. The van der Waals surface area contributed by atoms with Gasteiger partial charge in [-0.05, 0) is 48.4 Å². The molecule has 1 fully saturated rings. The van der Waals surface area contributed by atoms with Crippen LogP contribution in [-0.2, 0) is 22.6 Å². The number of hydrogen-bond acceptors (Lipinski definition) is 5. The number of anilines is 2. The molecular formula is C27H27ClFN3O4. The van der Waals surface area contributed by atoms with Crippen LogP contribution < -0.4 is 25.2 Å². The summed E-state index contributed by atoms with van der Waals surface area (Å²) in [5, 5.41) is 0.243. The number of benzene rings is 3. The van der Waals surface area contributed by atoms with Crippen LogP contribution in [0.5, 0.6) is 11.5 Å². The summed E-state index contributed by atoms with van der Waals surface area (Å²) in [5.41, 5.74) is 8.08. The van der Waals surface area contributed by atoms with Crippen molar-refractivity contribution in [3.05, 3.63) is 82.6 Å². The molecule has 188 valence electrons. The van der Waals surface area contributed by atoms with Crippen LogP contribution in [0.2, 0.25) is 5.02 Å². The highest BCUT2D eigenvalue weighted by Gasteiger charge is 2.35. The molecule has 4 rings (SSSR count). The summed E-state index contributed by atoms with van der Waals surface area (Å²) in [4.78, 5) is 27.1. The van der Waals surface area contributed by atoms with Gasteiger partial charge in [-0.2, -0.15) is 0 Å². The van der Waals surface area contributed by atoms with Crippen LogP contribution in [0.3, 0.4) is 0 Å². The number of nitrogens with zero attached hydrogens (tertiary/aromatic N) is 1. The lowest BCUT2D eigenvalue weighted by Gasteiger charge is -2.19. The highest BCUT2D eigenvalue weighted by molar-refractivity contribution is 6.31. The van der Waals surface area contributed by atoms with Crippen molar-refractivity contribution < 1.29 is 23.5 Å². The van der Waals surface area contributed by atoms with Crippen LogP contribution in [0, 0.1) is 11.7 Å². The number of hydrogen-bond donors (Lipinski definition) is 2. The summed E-state index contributed by atoms with van der Waals surface area (Å²) in [5.74, 6) is -0.782. The Labute approximate surface area is 214 Å². The number of rotatable bonds is 9. The Bertz CT molecular complexity index is 1230. The molecule has 9 heteroatoms. The van der Waals surface area contributed by atoms with Gasteiger partial charge in [0.05, 0.1) is 23.7 Å². The fraction of sp³-hybridized carbons (Fsp3) is 0.259. The highest BCUT2D eigenvalue weighted by Crippen LogP contribution is 2.36. The minimum Gasteiger partial charge on any atom is -0.493 e. The van der Waals surface area contributed by atoms with Crippen LogP contribution in [0.25, 0.3) is 0 Å². The minimum atomic E-state index is -0.525. The summed E-state index contributed by atoms with van der Waals surface area (Å²) in [7, 11) is 1.48. The van der Waals surface area contributed by atoms with E-state index in [1.54, 1.807) is 29.2 Å². The van der Waals surface area contributed by atoms with E-state index >= 15 is 0 Å². The first-order valence-electron chi connectivity index (χ1n) is 11.6. The smallest absolute Gasteiger partial charge is 0.243 e. The molecule has 1 aliphatic rings. The van der Waals surface area contributed by atoms with E-state index in [1.807, 2.05) is 24.3 Å². The van der Waals surface area contributed by atoms with E-state index in [0.29, 0.717) is 11.4 Å². The fourth-order valence-electron chi connectivity index (χ4n) is 4.01. The number of nitrogens with one attached hydrogen (secondary N) is 2. The molecule has 2 amide bonds. The zero-order valence-electron chi connectivity index (χ0n) is 20.0. The number of carbonyl (C=O) groups is 2. The van der Waals surface area contributed by atoms with Gasteiger partial charge in [0.2, 0.25) is 11.8 Å². The van der Waals surface area contributed by atoms with E-state index in [4.69, 9.17) is 21.1 Å². The van der Waals surface area contributed by atoms with Gasteiger partial charge in [-0.3, -0.25) is 20.4 Å². The van der Waals surface area contributed by atoms with Crippen molar-refractivity contribution in [2.75, 3.05) is 24.0 Å². The SMILES string of the molecule is CCc1ccc(N2C[C@H](C(=O)NNc3cccc(OC)c3OCc3c(F)cccc3Cl)CC2=O)cc1.